The number of aryl methyl sites for hydroxylation is 1. The number of benzene rings is 3. The Hall–Kier alpha value is -4.16. The number of hydrogen-bond acceptors (Lipinski definition) is 7. The molecule has 230 valence electrons. The molecule has 0 saturated carbocycles. The second-order valence-electron chi connectivity index (χ2n) is 9.86. The Morgan fingerprint density at radius 1 is 1.09 bits per heavy atom. The number of amides is 2. The molecule has 1 atom stereocenters. The first-order chi connectivity index (χ1) is 20.4. The molecule has 43 heavy (non-hydrogen) atoms. The van der Waals surface area contributed by atoms with Crippen LogP contribution in [0.4, 0.5) is 11.4 Å². The number of nitro groups is 1. The monoisotopic (exact) mass is 630 g/mol. The van der Waals surface area contributed by atoms with Crippen molar-refractivity contribution in [1.82, 2.24) is 10.2 Å². The Morgan fingerprint density at radius 2 is 1.79 bits per heavy atom. The topological polar surface area (TPSA) is 139 Å². The minimum absolute atomic E-state index is 0.0264. The molecule has 3 rings (SSSR count). The molecule has 0 bridgehead atoms. The second-order valence-corrected chi connectivity index (χ2v) is 12.2. The number of nitrogens with one attached hydrogen (secondary N) is 1. The fourth-order valence-electron chi connectivity index (χ4n) is 4.34. The lowest BCUT2D eigenvalue weighted by Crippen LogP contribution is -2.51. The van der Waals surface area contributed by atoms with Crippen molar-refractivity contribution >= 4 is 44.8 Å². The first-order valence-corrected chi connectivity index (χ1v) is 15.4. The van der Waals surface area contributed by atoms with Crippen LogP contribution in [0.2, 0.25) is 5.02 Å². The molecule has 0 aromatic heterocycles. The van der Waals surface area contributed by atoms with Crippen molar-refractivity contribution in [2.45, 2.75) is 51.1 Å². The summed E-state index contributed by atoms with van der Waals surface area (Å²) in [6.45, 7) is 4.76. The summed E-state index contributed by atoms with van der Waals surface area (Å²) < 4.78 is 34.5. The number of methoxy groups -OCH3 is 1. The van der Waals surface area contributed by atoms with Crippen LogP contribution >= 0.6 is 11.6 Å². The van der Waals surface area contributed by atoms with Crippen molar-refractivity contribution in [1.29, 1.82) is 0 Å². The third-order valence-electron chi connectivity index (χ3n) is 6.85. The largest absolute Gasteiger partial charge is 0.495 e. The quantitative estimate of drug-likeness (QED) is 0.149. The molecule has 0 radical (unpaired) electrons. The van der Waals surface area contributed by atoms with Gasteiger partial charge in [0.05, 0.1) is 22.6 Å². The van der Waals surface area contributed by atoms with E-state index in [1.807, 2.05) is 13.0 Å². The molecule has 1 N–H and O–H groups in total. The number of hydrogen-bond donors (Lipinski definition) is 1. The van der Waals surface area contributed by atoms with Crippen LogP contribution in [0.1, 0.15) is 37.8 Å². The van der Waals surface area contributed by atoms with E-state index in [0.717, 1.165) is 28.8 Å². The van der Waals surface area contributed by atoms with Crippen molar-refractivity contribution in [3.8, 4) is 5.75 Å². The van der Waals surface area contributed by atoms with E-state index in [1.54, 1.807) is 31.2 Å². The highest BCUT2D eigenvalue weighted by atomic mass is 35.5. The van der Waals surface area contributed by atoms with Crippen LogP contribution in [0.3, 0.4) is 0 Å². The summed E-state index contributed by atoms with van der Waals surface area (Å²) in [4.78, 5) is 39.0. The molecule has 3 aromatic rings. The molecule has 0 aliphatic carbocycles. The standard InChI is InChI=1S/C30H35ClN4O7S/c1-5-6-16-32-30(37)22(3)33(19-23-10-8-7-9-11-23)29(36)20-34(27-17-24(31)13-15-28(27)42-4)43(40,41)25-14-12-21(2)26(18-25)35(38)39/h7-15,17-18,22H,5-6,16,19-20H2,1-4H3,(H,32,37)/t22-/m0/s1. The van der Waals surface area contributed by atoms with Crippen LogP contribution in [0, 0.1) is 17.0 Å². The fraction of sp³-hybridized carbons (Fsp3) is 0.333. The van der Waals surface area contributed by atoms with E-state index in [-0.39, 0.29) is 34.5 Å². The van der Waals surface area contributed by atoms with Gasteiger partial charge in [0.25, 0.3) is 15.7 Å². The number of unbranched alkanes of at least 4 members (excludes halogenated alkanes) is 1. The fourth-order valence-corrected chi connectivity index (χ4v) is 5.95. The molecule has 0 aliphatic heterocycles. The Morgan fingerprint density at radius 3 is 2.42 bits per heavy atom. The van der Waals surface area contributed by atoms with Crippen molar-refractivity contribution < 1.29 is 27.7 Å². The van der Waals surface area contributed by atoms with Crippen molar-refractivity contribution in [3.63, 3.8) is 0 Å². The summed E-state index contributed by atoms with van der Waals surface area (Å²) >= 11 is 6.25. The van der Waals surface area contributed by atoms with Crippen molar-refractivity contribution in [2.75, 3.05) is 24.5 Å². The van der Waals surface area contributed by atoms with E-state index in [0.29, 0.717) is 6.54 Å². The van der Waals surface area contributed by atoms with Gasteiger partial charge in [-0.25, -0.2) is 8.42 Å². The van der Waals surface area contributed by atoms with E-state index >= 15 is 0 Å². The van der Waals surface area contributed by atoms with Crippen LogP contribution in [0.5, 0.6) is 5.75 Å². The van der Waals surface area contributed by atoms with Gasteiger partial charge in [0.1, 0.15) is 18.3 Å². The first-order valence-electron chi connectivity index (χ1n) is 13.6. The van der Waals surface area contributed by atoms with Gasteiger partial charge in [-0.2, -0.15) is 0 Å². The second kappa shape index (κ2) is 14.8. The van der Waals surface area contributed by atoms with Crippen LogP contribution in [0.25, 0.3) is 0 Å². The maximum atomic E-state index is 14.1. The molecule has 3 aromatic carbocycles. The summed E-state index contributed by atoms with van der Waals surface area (Å²) in [5.74, 6) is -0.974. The summed E-state index contributed by atoms with van der Waals surface area (Å²) in [5.41, 5.74) is 0.552. The third kappa shape index (κ3) is 8.23. The minimum Gasteiger partial charge on any atom is -0.495 e. The van der Waals surface area contributed by atoms with Crippen LogP contribution in [-0.2, 0) is 26.2 Å². The van der Waals surface area contributed by atoms with Crippen LogP contribution in [0.15, 0.2) is 71.6 Å². The van der Waals surface area contributed by atoms with E-state index in [1.165, 1.54) is 49.3 Å². The van der Waals surface area contributed by atoms with Gasteiger partial charge in [-0.3, -0.25) is 24.0 Å². The molecule has 0 unspecified atom stereocenters. The molecule has 0 fully saturated rings. The molecular weight excluding hydrogens is 596 g/mol. The number of halogens is 1. The van der Waals surface area contributed by atoms with Gasteiger partial charge in [0.2, 0.25) is 11.8 Å². The van der Waals surface area contributed by atoms with Gasteiger partial charge < -0.3 is 15.0 Å². The lowest BCUT2D eigenvalue weighted by molar-refractivity contribution is -0.385. The van der Waals surface area contributed by atoms with Crippen molar-refractivity contribution in [3.05, 3.63) is 93.0 Å². The number of nitro benzene ring substituents is 1. The Bertz CT molecular complexity index is 1570. The normalized spacial score (nSPS) is 11.8. The van der Waals surface area contributed by atoms with Gasteiger partial charge in [0, 0.05) is 29.7 Å². The Labute approximate surface area is 256 Å². The lowest BCUT2D eigenvalue weighted by Gasteiger charge is -2.32. The van der Waals surface area contributed by atoms with Crippen LogP contribution in [-0.4, -0.2) is 56.3 Å². The summed E-state index contributed by atoms with van der Waals surface area (Å²) in [7, 11) is -3.27. The minimum atomic E-state index is -4.60. The predicted molar refractivity (Wildman–Crippen MR) is 165 cm³/mol. The molecular formula is C30H35ClN4O7S. The van der Waals surface area contributed by atoms with E-state index in [9.17, 15) is 28.1 Å². The number of ether oxygens (including phenoxy) is 1. The Kier molecular flexibility index (Phi) is 11.5. The van der Waals surface area contributed by atoms with E-state index < -0.39 is 44.0 Å². The number of rotatable bonds is 14. The van der Waals surface area contributed by atoms with Crippen molar-refractivity contribution in [2.24, 2.45) is 0 Å². The van der Waals surface area contributed by atoms with Gasteiger partial charge >= 0.3 is 0 Å². The lowest BCUT2D eigenvalue weighted by atomic mass is 10.1. The number of carbonyl (C=O) groups excluding carboxylic acids is 2. The van der Waals surface area contributed by atoms with Gasteiger partial charge in [-0.15, -0.1) is 0 Å². The molecule has 0 spiro atoms. The predicted octanol–water partition coefficient (Wildman–Crippen LogP) is 5.09. The average molecular weight is 631 g/mol. The number of nitrogens with zero attached hydrogens (tertiary/aromatic N) is 3. The zero-order valence-corrected chi connectivity index (χ0v) is 26.0. The molecule has 13 heteroatoms. The molecule has 2 amide bonds. The van der Waals surface area contributed by atoms with Gasteiger partial charge in [0.15, 0.2) is 0 Å². The zero-order chi connectivity index (χ0) is 31.7. The molecule has 0 aliphatic rings. The molecule has 11 nitrogen and oxygen atoms in total. The zero-order valence-electron chi connectivity index (χ0n) is 24.4. The molecule has 0 saturated heterocycles. The smallest absolute Gasteiger partial charge is 0.273 e. The van der Waals surface area contributed by atoms with E-state index in [2.05, 4.69) is 5.32 Å². The summed E-state index contributed by atoms with van der Waals surface area (Å²) in [6.07, 6.45) is 1.63. The summed E-state index contributed by atoms with van der Waals surface area (Å²) in [6, 6.07) is 15.8. The van der Waals surface area contributed by atoms with Crippen LogP contribution < -0.4 is 14.4 Å². The highest BCUT2D eigenvalue weighted by Crippen LogP contribution is 2.36. The molecule has 0 heterocycles. The Balaban J connectivity index is 2.12. The highest BCUT2D eigenvalue weighted by Gasteiger charge is 2.34. The van der Waals surface area contributed by atoms with Gasteiger partial charge in [-0.05, 0) is 50.1 Å². The number of anilines is 1. The maximum Gasteiger partial charge on any atom is 0.273 e. The summed E-state index contributed by atoms with van der Waals surface area (Å²) in [5, 5.41) is 14.6. The SMILES string of the molecule is CCCCNC(=O)[C@H](C)N(Cc1ccccc1)C(=O)CN(c1cc(Cl)ccc1OC)S(=O)(=O)c1ccc(C)c([N+](=O)[O-])c1. The third-order valence-corrected chi connectivity index (χ3v) is 8.84. The maximum absolute atomic E-state index is 14.1. The highest BCUT2D eigenvalue weighted by molar-refractivity contribution is 7.92. The first kappa shape index (κ1) is 33.3. The number of carbonyl (C=O) groups is 2. The van der Waals surface area contributed by atoms with E-state index in [4.69, 9.17) is 16.3 Å². The number of sulfonamides is 1. The average Bonchev–Trinajstić information content (AvgIpc) is 2.98. The van der Waals surface area contributed by atoms with Gasteiger partial charge in [-0.1, -0.05) is 61.3 Å².